The van der Waals surface area contributed by atoms with Crippen molar-refractivity contribution in [2.24, 2.45) is 5.92 Å². The van der Waals surface area contributed by atoms with E-state index in [2.05, 4.69) is 10.6 Å². The molecule has 22 heavy (non-hydrogen) atoms. The molecule has 1 aromatic rings. The average molecular weight is 325 g/mol. The van der Waals surface area contributed by atoms with Crippen molar-refractivity contribution in [1.29, 1.82) is 0 Å². The van der Waals surface area contributed by atoms with Gasteiger partial charge in [0.05, 0.1) is 10.7 Å². The van der Waals surface area contributed by atoms with Gasteiger partial charge in [-0.15, -0.1) is 11.8 Å². The minimum atomic E-state index is -0.466. The highest BCUT2D eigenvalue weighted by Crippen LogP contribution is 2.20. The number of non-ortho nitro benzene ring substituents is 1. The zero-order chi connectivity index (χ0) is 16.5. The second kappa shape index (κ2) is 9.04. The highest BCUT2D eigenvalue weighted by molar-refractivity contribution is 8.00. The van der Waals surface area contributed by atoms with Gasteiger partial charge in [-0.2, -0.15) is 0 Å². The van der Waals surface area contributed by atoms with Crippen LogP contribution in [0.15, 0.2) is 29.2 Å². The third kappa shape index (κ3) is 6.57. The number of carbonyl (C=O) groups excluding carboxylic acids is 2. The first-order valence-corrected chi connectivity index (χ1v) is 7.80. The largest absolute Gasteiger partial charge is 0.354 e. The Hall–Kier alpha value is -2.09. The monoisotopic (exact) mass is 325 g/mol. The summed E-state index contributed by atoms with van der Waals surface area (Å²) in [6, 6.07) is 6.03. The van der Waals surface area contributed by atoms with Crippen LogP contribution in [0.4, 0.5) is 5.69 Å². The summed E-state index contributed by atoms with van der Waals surface area (Å²) in [5, 5.41) is 15.9. The van der Waals surface area contributed by atoms with E-state index in [-0.39, 0.29) is 29.2 Å². The maximum Gasteiger partial charge on any atom is 0.269 e. The van der Waals surface area contributed by atoms with E-state index >= 15 is 0 Å². The summed E-state index contributed by atoms with van der Waals surface area (Å²) >= 11 is 1.30. The third-order valence-electron chi connectivity index (χ3n) is 2.69. The summed E-state index contributed by atoms with van der Waals surface area (Å²) in [4.78, 5) is 33.8. The van der Waals surface area contributed by atoms with Gasteiger partial charge in [-0.25, -0.2) is 0 Å². The average Bonchev–Trinajstić information content (AvgIpc) is 2.49. The number of nitro groups is 1. The Kier molecular flexibility index (Phi) is 7.38. The van der Waals surface area contributed by atoms with Gasteiger partial charge in [0.15, 0.2) is 0 Å². The molecule has 8 heteroatoms. The number of nitro benzene ring substituents is 1. The zero-order valence-electron chi connectivity index (χ0n) is 12.5. The van der Waals surface area contributed by atoms with Gasteiger partial charge in [0.25, 0.3) is 5.69 Å². The molecule has 0 aliphatic rings. The molecular formula is C14H19N3O4S. The quantitative estimate of drug-likeness (QED) is 0.327. The molecule has 1 rings (SSSR count). The van der Waals surface area contributed by atoms with Gasteiger partial charge in [0, 0.05) is 36.0 Å². The SMILES string of the molecule is CC(C)C(=O)NCCNC(=O)CSc1ccc([N+](=O)[O-])cc1. The number of rotatable bonds is 8. The Labute approximate surface area is 133 Å². The molecule has 2 amide bonds. The van der Waals surface area contributed by atoms with E-state index in [9.17, 15) is 19.7 Å². The summed E-state index contributed by atoms with van der Waals surface area (Å²) in [5.74, 6) is -0.0549. The summed E-state index contributed by atoms with van der Waals surface area (Å²) in [7, 11) is 0. The first kappa shape index (κ1) is 18.0. The number of hydrogen-bond donors (Lipinski definition) is 2. The summed E-state index contributed by atoms with van der Waals surface area (Å²) in [6.45, 7) is 4.37. The Morgan fingerprint density at radius 3 is 2.32 bits per heavy atom. The second-order valence-electron chi connectivity index (χ2n) is 4.84. The van der Waals surface area contributed by atoms with Crippen molar-refractivity contribution in [3.8, 4) is 0 Å². The molecular weight excluding hydrogens is 306 g/mol. The number of hydrogen-bond acceptors (Lipinski definition) is 5. The fourth-order valence-electron chi connectivity index (χ4n) is 1.46. The van der Waals surface area contributed by atoms with E-state index in [1.54, 1.807) is 26.0 Å². The Balaban J connectivity index is 2.23. The van der Waals surface area contributed by atoms with Crippen molar-refractivity contribution < 1.29 is 14.5 Å². The Morgan fingerprint density at radius 1 is 1.18 bits per heavy atom. The summed E-state index contributed by atoms with van der Waals surface area (Å²) in [5.41, 5.74) is 0.0229. The highest BCUT2D eigenvalue weighted by Gasteiger charge is 2.07. The van der Waals surface area contributed by atoms with Crippen LogP contribution in [0.5, 0.6) is 0 Å². The first-order valence-electron chi connectivity index (χ1n) is 6.82. The molecule has 120 valence electrons. The van der Waals surface area contributed by atoms with Gasteiger partial charge >= 0.3 is 0 Å². The lowest BCUT2D eigenvalue weighted by molar-refractivity contribution is -0.384. The zero-order valence-corrected chi connectivity index (χ0v) is 13.3. The number of thioether (sulfide) groups is 1. The normalized spacial score (nSPS) is 10.3. The van der Waals surface area contributed by atoms with Gasteiger partial charge in [0.1, 0.15) is 0 Å². The van der Waals surface area contributed by atoms with Crippen LogP contribution in [-0.2, 0) is 9.59 Å². The van der Waals surface area contributed by atoms with Crippen molar-refractivity contribution in [3.63, 3.8) is 0 Å². The molecule has 0 aliphatic carbocycles. The van der Waals surface area contributed by atoms with Crippen LogP contribution in [0.25, 0.3) is 0 Å². The van der Waals surface area contributed by atoms with Gasteiger partial charge in [-0.3, -0.25) is 19.7 Å². The molecule has 0 heterocycles. The molecule has 0 aromatic heterocycles. The molecule has 0 spiro atoms. The molecule has 0 bridgehead atoms. The van der Waals surface area contributed by atoms with Gasteiger partial charge in [-0.05, 0) is 12.1 Å². The van der Waals surface area contributed by atoms with E-state index < -0.39 is 4.92 Å². The van der Waals surface area contributed by atoms with Crippen molar-refractivity contribution in [1.82, 2.24) is 10.6 Å². The van der Waals surface area contributed by atoms with E-state index in [4.69, 9.17) is 0 Å². The molecule has 0 aliphatic heterocycles. The maximum absolute atomic E-state index is 11.6. The number of carbonyl (C=O) groups is 2. The topological polar surface area (TPSA) is 101 Å². The fraction of sp³-hybridized carbons (Fsp3) is 0.429. The fourth-order valence-corrected chi connectivity index (χ4v) is 2.18. The standard InChI is InChI=1S/C14H19N3O4S/c1-10(2)14(19)16-8-7-15-13(18)9-22-12-5-3-11(4-6-12)17(20)21/h3-6,10H,7-9H2,1-2H3,(H,15,18)(H,16,19). The van der Waals surface area contributed by atoms with E-state index in [0.717, 1.165) is 4.90 Å². The molecule has 0 radical (unpaired) electrons. The van der Waals surface area contributed by atoms with Gasteiger partial charge in [-0.1, -0.05) is 13.8 Å². The van der Waals surface area contributed by atoms with Gasteiger partial charge < -0.3 is 10.6 Å². The number of amides is 2. The first-order chi connectivity index (χ1) is 10.4. The molecule has 0 unspecified atom stereocenters. The van der Waals surface area contributed by atoms with E-state index in [1.165, 1.54) is 23.9 Å². The highest BCUT2D eigenvalue weighted by atomic mass is 32.2. The Bertz CT molecular complexity index is 531. The van der Waals surface area contributed by atoms with Crippen molar-refractivity contribution in [2.75, 3.05) is 18.8 Å². The van der Waals surface area contributed by atoms with Crippen LogP contribution < -0.4 is 10.6 Å². The Morgan fingerprint density at radius 2 is 1.77 bits per heavy atom. The molecule has 7 nitrogen and oxygen atoms in total. The summed E-state index contributed by atoms with van der Waals surface area (Å²) < 4.78 is 0. The van der Waals surface area contributed by atoms with E-state index in [0.29, 0.717) is 13.1 Å². The minimum absolute atomic E-state index is 0.0229. The minimum Gasteiger partial charge on any atom is -0.354 e. The lowest BCUT2D eigenvalue weighted by Crippen LogP contribution is -2.36. The van der Waals surface area contributed by atoms with Crippen molar-refractivity contribution in [3.05, 3.63) is 34.4 Å². The molecule has 0 saturated heterocycles. The van der Waals surface area contributed by atoms with Crippen LogP contribution >= 0.6 is 11.8 Å². The van der Waals surface area contributed by atoms with Gasteiger partial charge in [0.2, 0.25) is 11.8 Å². The van der Waals surface area contributed by atoms with Crippen LogP contribution in [0.3, 0.4) is 0 Å². The third-order valence-corrected chi connectivity index (χ3v) is 3.70. The lowest BCUT2D eigenvalue weighted by atomic mass is 10.2. The predicted octanol–water partition coefficient (Wildman–Crippen LogP) is 1.58. The number of nitrogens with zero attached hydrogens (tertiary/aromatic N) is 1. The van der Waals surface area contributed by atoms with Crippen LogP contribution in [0, 0.1) is 16.0 Å². The van der Waals surface area contributed by atoms with Crippen molar-refractivity contribution in [2.45, 2.75) is 18.7 Å². The number of nitrogens with one attached hydrogen (secondary N) is 2. The van der Waals surface area contributed by atoms with Crippen LogP contribution in [-0.4, -0.2) is 35.6 Å². The van der Waals surface area contributed by atoms with Crippen LogP contribution in [0.2, 0.25) is 0 Å². The lowest BCUT2D eigenvalue weighted by Gasteiger charge is -2.08. The van der Waals surface area contributed by atoms with Crippen LogP contribution in [0.1, 0.15) is 13.8 Å². The molecule has 0 fully saturated rings. The van der Waals surface area contributed by atoms with E-state index in [1.807, 2.05) is 0 Å². The predicted molar refractivity (Wildman–Crippen MR) is 84.7 cm³/mol. The molecule has 2 N–H and O–H groups in total. The second-order valence-corrected chi connectivity index (χ2v) is 5.88. The molecule has 0 atom stereocenters. The molecule has 1 aromatic carbocycles. The smallest absolute Gasteiger partial charge is 0.269 e. The number of benzene rings is 1. The maximum atomic E-state index is 11.6. The summed E-state index contributed by atoms with van der Waals surface area (Å²) in [6.07, 6.45) is 0. The molecule has 0 saturated carbocycles. The van der Waals surface area contributed by atoms with Crippen molar-refractivity contribution >= 4 is 29.3 Å².